The van der Waals surface area contributed by atoms with Crippen molar-refractivity contribution in [2.45, 2.75) is 33.0 Å². The van der Waals surface area contributed by atoms with E-state index in [4.69, 9.17) is 9.90 Å². The number of halogens is 4. The summed E-state index contributed by atoms with van der Waals surface area (Å²) in [5.74, 6) is -3.12. The number of nitrogens with zero attached hydrogens (tertiary/aromatic N) is 2. The molecule has 7 nitrogen and oxygen atoms in total. The Bertz CT molecular complexity index is 1030. The number of carboxylic acid groups (broad SMARTS) is 1. The number of carbonyl (C=O) groups is 3. The lowest BCUT2D eigenvalue weighted by molar-refractivity contribution is -0.192. The smallest absolute Gasteiger partial charge is 0.475 e. The number of carboxylic acids is 1. The Labute approximate surface area is 206 Å². The number of benzene rings is 2. The lowest BCUT2D eigenvalue weighted by Gasteiger charge is -2.29. The minimum Gasteiger partial charge on any atom is -0.475 e. The molecule has 0 bridgehead atoms. The number of carbonyl (C=O) groups excluding carboxylic acids is 2. The predicted octanol–water partition coefficient (Wildman–Crippen LogP) is 3.54. The van der Waals surface area contributed by atoms with Crippen LogP contribution in [-0.4, -0.2) is 71.6 Å². The monoisotopic (exact) mass is 511 g/mol. The third kappa shape index (κ3) is 9.29. The van der Waals surface area contributed by atoms with Gasteiger partial charge in [-0.3, -0.25) is 9.59 Å². The van der Waals surface area contributed by atoms with Gasteiger partial charge in [-0.15, -0.1) is 0 Å². The Morgan fingerprint density at radius 2 is 1.53 bits per heavy atom. The Morgan fingerprint density at radius 3 is 2.03 bits per heavy atom. The van der Waals surface area contributed by atoms with Gasteiger partial charge in [-0.1, -0.05) is 29.3 Å². The Morgan fingerprint density at radius 1 is 1.00 bits per heavy atom. The average Bonchev–Trinajstić information content (AvgIpc) is 2.82. The van der Waals surface area contributed by atoms with E-state index in [1.165, 1.54) is 12.1 Å². The summed E-state index contributed by atoms with van der Waals surface area (Å²) in [6.07, 6.45) is -4.81. The highest BCUT2D eigenvalue weighted by Gasteiger charge is 2.38. The van der Waals surface area contributed by atoms with Gasteiger partial charge < -0.3 is 20.2 Å². The van der Waals surface area contributed by atoms with E-state index in [0.717, 1.165) is 29.8 Å². The van der Waals surface area contributed by atoms with E-state index in [1.807, 2.05) is 36.9 Å². The fraction of sp³-hybridized carbons (Fsp3) is 0.400. The average molecular weight is 512 g/mol. The number of aryl methyl sites for hydroxylation is 2. The molecule has 1 aliphatic rings. The molecule has 11 heteroatoms. The number of rotatable bonds is 6. The van der Waals surface area contributed by atoms with Crippen molar-refractivity contribution in [1.29, 1.82) is 0 Å². The number of alkyl halides is 3. The van der Waals surface area contributed by atoms with E-state index in [-0.39, 0.29) is 24.1 Å². The summed E-state index contributed by atoms with van der Waals surface area (Å²) in [4.78, 5) is 38.2. The number of aliphatic carboxylic acids is 1. The topological polar surface area (TPSA) is 90.0 Å². The van der Waals surface area contributed by atoms with Gasteiger partial charge in [-0.2, -0.15) is 13.2 Å². The molecule has 1 heterocycles. The molecule has 0 spiro atoms. The number of amides is 2. The van der Waals surface area contributed by atoms with Crippen molar-refractivity contribution >= 4 is 17.8 Å². The molecule has 2 aromatic carbocycles. The quantitative estimate of drug-likeness (QED) is 0.580. The standard InChI is InChI=1S/C23H28FN3O2.C2HF3O2/c1-17-13-18(2)15-20(14-17)23(29)27(16-19-3-5-21(24)6-4-19)10-7-22(28)26-11-8-25-9-12-26;3-2(4,5)1(6)7/h3-6,13-15,25H,7-12,16H2,1-2H3;(H,6,7). The first-order valence-electron chi connectivity index (χ1n) is 11.3. The van der Waals surface area contributed by atoms with Crippen molar-refractivity contribution < 1.29 is 37.1 Å². The summed E-state index contributed by atoms with van der Waals surface area (Å²) in [5.41, 5.74) is 3.48. The lowest BCUT2D eigenvalue weighted by atomic mass is 10.1. The first-order chi connectivity index (χ1) is 16.9. The molecule has 0 radical (unpaired) electrons. The normalized spacial score (nSPS) is 13.4. The van der Waals surface area contributed by atoms with Crippen LogP contribution < -0.4 is 5.32 Å². The van der Waals surface area contributed by atoms with Crippen LogP contribution in [0.4, 0.5) is 17.6 Å². The van der Waals surface area contributed by atoms with E-state index in [9.17, 15) is 27.2 Å². The Balaban J connectivity index is 0.000000572. The zero-order valence-electron chi connectivity index (χ0n) is 20.1. The number of hydrogen-bond acceptors (Lipinski definition) is 4. The summed E-state index contributed by atoms with van der Waals surface area (Å²) in [7, 11) is 0. The van der Waals surface area contributed by atoms with Gasteiger partial charge in [0.05, 0.1) is 0 Å². The first-order valence-corrected chi connectivity index (χ1v) is 11.3. The predicted molar refractivity (Wildman–Crippen MR) is 125 cm³/mol. The molecule has 1 saturated heterocycles. The van der Waals surface area contributed by atoms with Crippen LogP contribution >= 0.6 is 0 Å². The van der Waals surface area contributed by atoms with Gasteiger partial charge in [0, 0.05) is 51.3 Å². The largest absolute Gasteiger partial charge is 0.490 e. The molecule has 36 heavy (non-hydrogen) atoms. The van der Waals surface area contributed by atoms with Crippen LogP contribution in [-0.2, 0) is 16.1 Å². The molecule has 2 amide bonds. The maximum atomic E-state index is 13.3. The maximum absolute atomic E-state index is 13.3. The summed E-state index contributed by atoms with van der Waals surface area (Å²) >= 11 is 0. The molecule has 1 aliphatic heterocycles. The van der Waals surface area contributed by atoms with Gasteiger partial charge in [0.2, 0.25) is 5.91 Å². The third-order valence-corrected chi connectivity index (χ3v) is 5.35. The van der Waals surface area contributed by atoms with Crippen LogP contribution in [0.15, 0.2) is 42.5 Å². The number of hydrogen-bond donors (Lipinski definition) is 2. The van der Waals surface area contributed by atoms with Crippen molar-refractivity contribution in [3.8, 4) is 0 Å². The van der Waals surface area contributed by atoms with Crippen LogP contribution in [0.5, 0.6) is 0 Å². The molecule has 0 atom stereocenters. The molecule has 2 N–H and O–H groups in total. The van der Waals surface area contributed by atoms with Gasteiger partial charge in [0.1, 0.15) is 5.82 Å². The molecule has 0 unspecified atom stereocenters. The van der Waals surface area contributed by atoms with Gasteiger partial charge in [-0.25, -0.2) is 9.18 Å². The summed E-state index contributed by atoms with van der Waals surface area (Å²) in [6, 6.07) is 11.9. The summed E-state index contributed by atoms with van der Waals surface area (Å²) < 4.78 is 45.0. The zero-order chi connectivity index (χ0) is 26.9. The molecular weight excluding hydrogens is 482 g/mol. The van der Waals surface area contributed by atoms with E-state index < -0.39 is 12.1 Å². The van der Waals surface area contributed by atoms with E-state index >= 15 is 0 Å². The van der Waals surface area contributed by atoms with Crippen LogP contribution in [0.25, 0.3) is 0 Å². The molecule has 0 aliphatic carbocycles. The van der Waals surface area contributed by atoms with Gasteiger partial charge in [0.15, 0.2) is 0 Å². The molecular formula is C25H29F4N3O4. The second kappa shape index (κ2) is 13.0. The Kier molecular flexibility index (Phi) is 10.4. The summed E-state index contributed by atoms with van der Waals surface area (Å²) in [5, 5.41) is 10.4. The van der Waals surface area contributed by atoms with Crippen molar-refractivity contribution in [2.75, 3.05) is 32.7 Å². The maximum Gasteiger partial charge on any atom is 0.490 e. The highest BCUT2D eigenvalue weighted by atomic mass is 19.4. The minimum atomic E-state index is -5.08. The molecule has 0 aromatic heterocycles. The minimum absolute atomic E-state index is 0.0591. The van der Waals surface area contributed by atoms with E-state index in [0.29, 0.717) is 31.7 Å². The highest BCUT2D eigenvalue weighted by Crippen LogP contribution is 2.16. The van der Waals surface area contributed by atoms with E-state index in [1.54, 1.807) is 17.0 Å². The molecule has 196 valence electrons. The fourth-order valence-electron chi connectivity index (χ4n) is 3.65. The SMILES string of the molecule is Cc1cc(C)cc(C(=O)N(CCC(=O)N2CCNCC2)Cc2ccc(F)cc2)c1.O=C(O)C(F)(F)F. The second-order valence-electron chi connectivity index (χ2n) is 8.41. The van der Waals surface area contributed by atoms with Crippen LogP contribution in [0.2, 0.25) is 0 Å². The Hall–Kier alpha value is -3.47. The van der Waals surface area contributed by atoms with Gasteiger partial charge in [-0.05, 0) is 43.7 Å². The zero-order valence-corrected chi connectivity index (χ0v) is 20.1. The van der Waals surface area contributed by atoms with Crippen molar-refractivity contribution in [3.05, 3.63) is 70.5 Å². The van der Waals surface area contributed by atoms with Crippen LogP contribution in [0, 0.1) is 19.7 Å². The third-order valence-electron chi connectivity index (χ3n) is 5.35. The van der Waals surface area contributed by atoms with Crippen molar-refractivity contribution in [2.24, 2.45) is 0 Å². The van der Waals surface area contributed by atoms with E-state index in [2.05, 4.69) is 5.32 Å². The first kappa shape index (κ1) is 28.8. The second-order valence-corrected chi connectivity index (χ2v) is 8.41. The molecule has 0 saturated carbocycles. The number of piperazine rings is 1. The number of nitrogens with one attached hydrogen (secondary N) is 1. The van der Waals surface area contributed by atoms with Crippen LogP contribution in [0.1, 0.15) is 33.5 Å². The van der Waals surface area contributed by atoms with Crippen molar-refractivity contribution in [3.63, 3.8) is 0 Å². The molecule has 1 fully saturated rings. The highest BCUT2D eigenvalue weighted by molar-refractivity contribution is 5.95. The fourth-order valence-corrected chi connectivity index (χ4v) is 3.65. The van der Waals surface area contributed by atoms with Crippen molar-refractivity contribution in [1.82, 2.24) is 15.1 Å². The lowest BCUT2D eigenvalue weighted by Crippen LogP contribution is -2.47. The molecule has 3 rings (SSSR count). The van der Waals surface area contributed by atoms with Gasteiger partial charge >= 0.3 is 12.1 Å². The molecule has 2 aromatic rings. The van der Waals surface area contributed by atoms with Crippen LogP contribution in [0.3, 0.4) is 0 Å². The summed E-state index contributed by atoms with van der Waals surface area (Å²) in [6.45, 7) is 7.57. The van der Waals surface area contributed by atoms with Gasteiger partial charge in [0.25, 0.3) is 5.91 Å².